The molecule has 0 fully saturated rings. The molecule has 7 nitrogen and oxygen atoms in total. The second-order valence-electron chi connectivity index (χ2n) is 5.92. The molecule has 0 aliphatic carbocycles. The van der Waals surface area contributed by atoms with Crippen molar-refractivity contribution in [3.05, 3.63) is 45.5 Å². The number of carbonyl (C=O) groups excluding carboxylic acids is 2. The summed E-state index contributed by atoms with van der Waals surface area (Å²) in [6.07, 6.45) is 5.77. The number of aryl methyl sites for hydroxylation is 1. The van der Waals surface area contributed by atoms with Crippen LogP contribution in [0.3, 0.4) is 0 Å². The number of methoxy groups -OCH3 is 1. The molecule has 132 valence electrons. The van der Waals surface area contributed by atoms with E-state index in [0.717, 1.165) is 31.5 Å². The molecule has 2 aromatic heterocycles. The number of carbonyl (C=O) groups is 2. The molecule has 1 aliphatic rings. The molecule has 0 aromatic carbocycles. The van der Waals surface area contributed by atoms with Gasteiger partial charge in [0.25, 0.3) is 5.91 Å². The third kappa shape index (κ3) is 3.37. The van der Waals surface area contributed by atoms with Crippen molar-refractivity contribution in [3.63, 3.8) is 0 Å². The second-order valence-corrected chi connectivity index (χ2v) is 6.32. The number of ether oxygens (including phenoxy) is 1. The highest BCUT2D eigenvalue weighted by molar-refractivity contribution is 6.31. The molecule has 1 aliphatic heterocycles. The average Bonchev–Trinajstić information content (AvgIpc) is 2.99. The molecule has 8 heteroatoms. The van der Waals surface area contributed by atoms with E-state index in [9.17, 15) is 9.59 Å². The summed E-state index contributed by atoms with van der Waals surface area (Å²) < 4.78 is 6.73. The Morgan fingerprint density at radius 1 is 1.36 bits per heavy atom. The Hall–Kier alpha value is -2.41. The zero-order chi connectivity index (χ0) is 18.0. The first kappa shape index (κ1) is 17.4. The van der Waals surface area contributed by atoms with E-state index in [1.54, 1.807) is 6.92 Å². The van der Waals surface area contributed by atoms with Gasteiger partial charge < -0.3 is 10.1 Å². The molecule has 0 saturated heterocycles. The fourth-order valence-corrected chi connectivity index (χ4v) is 3.15. The van der Waals surface area contributed by atoms with Crippen molar-refractivity contribution in [2.45, 2.75) is 39.3 Å². The van der Waals surface area contributed by atoms with Crippen LogP contribution in [-0.2, 0) is 24.2 Å². The Morgan fingerprint density at radius 3 is 2.92 bits per heavy atom. The zero-order valence-electron chi connectivity index (χ0n) is 14.1. The number of halogens is 1. The smallest absolute Gasteiger partial charge is 0.341 e. The predicted molar refractivity (Wildman–Crippen MR) is 91.7 cm³/mol. The lowest BCUT2D eigenvalue weighted by Crippen LogP contribution is -2.25. The summed E-state index contributed by atoms with van der Waals surface area (Å²) in [5.74, 6) is -0.734. The van der Waals surface area contributed by atoms with Crippen molar-refractivity contribution >= 4 is 23.5 Å². The summed E-state index contributed by atoms with van der Waals surface area (Å²) in [5, 5.41) is 7.71. The number of nitrogens with one attached hydrogen (secondary N) is 1. The third-order valence-electron chi connectivity index (χ3n) is 4.37. The first-order chi connectivity index (χ1) is 12.0. The number of pyridine rings is 1. The molecule has 0 spiro atoms. The van der Waals surface area contributed by atoms with Gasteiger partial charge in [-0.2, -0.15) is 5.10 Å². The maximum Gasteiger partial charge on any atom is 0.341 e. The van der Waals surface area contributed by atoms with Crippen LogP contribution in [0.15, 0.2) is 12.4 Å². The number of fused-ring (bicyclic) bond motifs is 1. The van der Waals surface area contributed by atoms with Crippen LogP contribution in [0.4, 0.5) is 0 Å². The van der Waals surface area contributed by atoms with E-state index in [1.165, 1.54) is 19.5 Å². The average molecular weight is 363 g/mol. The normalized spacial score (nSPS) is 13.2. The fraction of sp³-hybridized carbons (Fsp3) is 0.412. The van der Waals surface area contributed by atoms with Crippen molar-refractivity contribution in [2.75, 3.05) is 7.11 Å². The van der Waals surface area contributed by atoms with Crippen LogP contribution in [0.2, 0.25) is 5.02 Å². The number of hydrogen-bond donors (Lipinski definition) is 1. The summed E-state index contributed by atoms with van der Waals surface area (Å²) >= 11 is 6.01. The zero-order valence-corrected chi connectivity index (χ0v) is 14.9. The van der Waals surface area contributed by atoms with Gasteiger partial charge in [-0.15, -0.1) is 0 Å². The minimum atomic E-state index is -0.423. The van der Waals surface area contributed by atoms with E-state index in [0.29, 0.717) is 27.4 Å². The van der Waals surface area contributed by atoms with E-state index in [4.69, 9.17) is 16.3 Å². The molecule has 0 bridgehead atoms. The monoisotopic (exact) mass is 362 g/mol. The molecule has 0 atom stereocenters. The first-order valence-electron chi connectivity index (χ1n) is 8.08. The minimum absolute atomic E-state index is 0.134. The molecule has 0 saturated carbocycles. The molecule has 0 radical (unpaired) electrons. The maximum atomic E-state index is 12.4. The van der Waals surface area contributed by atoms with Gasteiger partial charge in [0.1, 0.15) is 5.56 Å². The highest BCUT2D eigenvalue weighted by Crippen LogP contribution is 2.23. The molecular formula is C17H19ClN4O3. The predicted octanol–water partition coefficient (Wildman–Crippen LogP) is 2.29. The first-order valence-corrected chi connectivity index (χ1v) is 8.46. The van der Waals surface area contributed by atoms with Crippen molar-refractivity contribution in [2.24, 2.45) is 0 Å². The largest absolute Gasteiger partial charge is 0.465 e. The van der Waals surface area contributed by atoms with Gasteiger partial charge in [-0.25, -0.2) is 4.79 Å². The summed E-state index contributed by atoms with van der Waals surface area (Å²) in [6.45, 7) is 2.66. The van der Waals surface area contributed by atoms with Gasteiger partial charge in [0.2, 0.25) is 0 Å². The fourth-order valence-electron chi connectivity index (χ4n) is 2.99. The van der Waals surface area contributed by atoms with Gasteiger partial charge in [-0.3, -0.25) is 14.5 Å². The Balaban J connectivity index is 1.83. The Bertz CT molecular complexity index is 832. The molecule has 1 amide bonds. The van der Waals surface area contributed by atoms with Gasteiger partial charge in [0.05, 0.1) is 35.6 Å². The van der Waals surface area contributed by atoms with Crippen molar-refractivity contribution in [1.82, 2.24) is 20.1 Å². The summed E-state index contributed by atoms with van der Waals surface area (Å²) in [7, 11) is 1.35. The Labute approximate surface area is 150 Å². The van der Waals surface area contributed by atoms with E-state index < -0.39 is 5.97 Å². The van der Waals surface area contributed by atoms with Gasteiger partial charge in [0.15, 0.2) is 0 Å². The lowest BCUT2D eigenvalue weighted by atomic mass is 10.0. The van der Waals surface area contributed by atoms with Gasteiger partial charge >= 0.3 is 5.97 Å². The molecule has 25 heavy (non-hydrogen) atoms. The SMILES string of the molecule is COC(=O)c1c(CNC(=O)c2cncc(Cl)c2C)nn2c1CCCC2. The quantitative estimate of drug-likeness (QED) is 0.843. The number of aromatic nitrogens is 3. The summed E-state index contributed by atoms with van der Waals surface area (Å²) in [5.41, 5.74) is 2.92. The van der Waals surface area contributed by atoms with Crippen molar-refractivity contribution in [1.29, 1.82) is 0 Å². The van der Waals surface area contributed by atoms with Gasteiger partial charge in [-0.05, 0) is 31.7 Å². The molecule has 1 N–H and O–H groups in total. The van der Waals surface area contributed by atoms with Crippen LogP contribution < -0.4 is 5.32 Å². The number of esters is 1. The topological polar surface area (TPSA) is 86.1 Å². The lowest BCUT2D eigenvalue weighted by molar-refractivity contribution is 0.0597. The third-order valence-corrected chi connectivity index (χ3v) is 4.75. The van der Waals surface area contributed by atoms with E-state index >= 15 is 0 Å². The number of nitrogens with zero attached hydrogens (tertiary/aromatic N) is 3. The molecule has 0 unspecified atom stereocenters. The van der Waals surface area contributed by atoms with Crippen LogP contribution in [0, 0.1) is 6.92 Å². The van der Waals surface area contributed by atoms with Crippen LogP contribution in [0.25, 0.3) is 0 Å². The van der Waals surface area contributed by atoms with E-state index in [-0.39, 0.29) is 12.5 Å². The highest BCUT2D eigenvalue weighted by Gasteiger charge is 2.26. The highest BCUT2D eigenvalue weighted by atomic mass is 35.5. The second kappa shape index (κ2) is 7.23. The number of hydrogen-bond acceptors (Lipinski definition) is 5. The van der Waals surface area contributed by atoms with Crippen molar-refractivity contribution < 1.29 is 14.3 Å². The van der Waals surface area contributed by atoms with E-state index in [1.807, 2.05) is 4.68 Å². The van der Waals surface area contributed by atoms with Crippen molar-refractivity contribution in [3.8, 4) is 0 Å². The van der Waals surface area contributed by atoms with Crippen LogP contribution in [-0.4, -0.2) is 33.8 Å². The lowest BCUT2D eigenvalue weighted by Gasteiger charge is -2.13. The van der Waals surface area contributed by atoms with Crippen LogP contribution in [0.1, 0.15) is 50.5 Å². The number of amides is 1. The molecule has 2 aromatic rings. The van der Waals surface area contributed by atoms with Crippen LogP contribution >= 0.6 is 11.6 Å². The van der Waals surface area contributed by atoms with E-state index in [2.05, 4.69) is 15.4 Å². The molecule has 3 rings (SSSR count). The minimum Gasteiger partial charge on any atom is -0.465 e. The Morgan fingerprint density at radius 2 is 2.16 bits per heavy atom. The van der Waals surface area contributed by atoms with Crippen LogP contribution in [0.5, 0.6) is 0 Å². The Kier molecular flexibility index (Phi) is 5.03. The van der Waals surface area contributed by atoms with Gasteiger partial charge in [0, 0.05) is 18.9 Å². The summed E-state index contributed by atoms with van der Waals surface area (Å²) in [4.78, 5) is 28.5. The molecule has 3 heterocycles. The summed E-state index contributed by atoms with van der Waals surface area (Å²) in [6, 6.07) is 0. The standard InChI is InChI=1S/C17H19ClN4O3/c1-10-11(7-19-8-12(10)18)16(23)20-9-13-15(17(24)25-2)14-5-3-4-6-22(14)21-13/h7-8H,3-6,9H2,1-2H3,(H,20,23). The maximum absolute atomic E-state index is 12.4. The molecular weight excluding hydrogens is 344 g/mol. The number of rotatable bonds is 4. The van der Waals surface area contributed by atoms with Gasteiger partial charge in [-0.1, -0.05) is 11.6 Å².